The van der Waals surface area contributed by atoms with Gasteiger partial charge in [-0.15, -0.1) is 0 Å². The lowest BCUT2D eigenvalue weighted by Gasteiger charge is -2.12. The summed E-state index contributed by atoms with van der Waals surface area (Å²) in [5.41, 5.74) is 2.41. The van der Waals surface area contributed by atoms with Gasteiger partial charge in [-0.1, -0.05) is 48.5 Å². The van der Waals surface area contributed by atoms with E-state index in [-0.39, 0.29) is 0 Å². The summed E-state index contributed by atoms with van der Waals surface area (Å²) >= 11 is 0. The molecular weight excluding hydrogens is 272 g/mol. The molecule has 0 aliphatic rings. The van der Waals surface area contributed by atoms with E-state index in [2.05, 4.69) is 45.2 Å². The van der Waals surface area contributed by atoms with Crippen LogP contribution in [0.15, 0.2) is 65.7 Å². The van der Waals surface area contributed by atoms with Crippen molar-refractivity contribution in [3.63, 3.8) is 0 Å². The van der Waals surface area contributed by atoms with Crippen molar-refractivity contribution in [3.8, 4) is 0 Å². The first kappa shape index (κ1) is 15.9. The molecule has 0 fully saturated rings. The van der Waals surface area contributed by atoms with Crippen molar-refractivity contribution < 1.29 is 0 Å². The molecule has 0 unspecified atom stereocenters. The third-order valence-electron chi connectivity index (χ3n) is 3.28. The van der Waals surface area contributed by atoms with Crippen molar-refractivity contribution in [3.05, 3.63) is 66.2 Å². The predicted octanol–water partition coefficient (Wildman–Crippen LogP) is 2.85. The molecule has 2 rings (SSSR count). The van der Waals surface area contributed by atoms with E-state index >= 15 is 0 Å². The fourth-order valence-corrected chi connectivity index (χ4v) is 2.09. The smallest absolute Gasteiger partial charge is 0.191 e. The Morgan fingerprint density at radius 2 is 1.55 bits per heavy atom. The van der Waals surface area contributed by atoms with Gasteiger partial charge in [-0.3, -0.25) is 4.99 Å². The van der Waals surface area contributed by atoms with Crippen LogP contribution >= 0.6 is 0 Å². The highest BCUT2D eigenvalue weighted by Gasteiger charge is 1.97. The topological polar surface area (TPSA) is 48.5 Å². The molecule has 2 aromatic rings. The van der Waals surface area contributed by atoms with Gasteiger partial charge in [-0.05, 0) is 24.1 Å². The van der Waals surface area contributed by atoms with Gasteiger partial charge in [-0.25, -0.2) is 0 Å². The van der Waals surface area contributed by atoms with E-state index in [1.165, 1.54) is 5.56 Å². The summed E-state index contributed by atoms with van der Waals surface area (Å²) in [4.78, 5) is 4.23. The molecule has 0 saturated carbocycles. The Labute approximate surface area is 132 Å². The molecular formula is C18H24N4. The zero-order valence-corrected chi connectivity index (χ0v) is 13.0. The van der Waals surface area contributed by atoms with Crippen molar-refractivity contribution in [1.82, 2.24) is 10.6 Å². The molecule has 0 atom stereocenters. The molecule has 116 valence electrons. The minimum Gasteiger partial charge on any atom is -0.385 e. The van der Waals surface area contributed by atoms with Crippen LogP contribution in [0.5, 0.6) is 0 Å². The van der Waals surface area contributed by atoms with Gasteiger partial charge in [0.25, 0.3) is 0 Å². The van der Waals surface area contributed by atoms with Gasteiger partial charge in [0.1, 0.15) is 0 Å². The molecule has 0 spiro atoms. The Morgan fingerprint density at radius 3 is 2.23 bits per heavy atom. The van der Waals surface area contributed by atoms with Crippen LogP contribution in [0, 0.1) is 0 Å². The predicted molar refractivity (Wildman–Crippen MR) is 94.2 cm³/mol. The Bertz CT molecular complexity index is 552. The van der Waals surface area contributed by atoms with E-state index in [4.69, 9.17) is 0 Å². The normalized spacial score (nSPS) is 11.0. The summed E-state index contributed by atoms with van der Waals surface area (Å²) in [7, 11) is 1.79. The minimum absolute atomic E-state index is 0.781. The van der Waals surface area contributed by atoms with Crippen molar-refractivity contribution in [2.45, 2.75) is 13.0 Å². The van der Waals surface area contributed by atoms with Gasteiger partial charge < -0.3 is 16.0 Å². The summed E-state index contributed by atoms with van der Waals surface area (Å²) in [5.74, 6) is 0.837. The number of rotatable bonds is 7. The van der Waals surface area contributed by atoms with Gasteiger partial charge in [0, 0.05) is 32.4 Å². The summed E-state index contributed by atoms with van der Waals surface area (Å²) in [6.45, 7) is 2.60. The molecule has 22 heavy (non-hydrogen) atoms. The summed E-state index contributed by atoms with van der Waals surface area (Å²) < 4.78 is 0. The lowest BCUT2D eigenvalue weighted by molar-refractivity contribution is 0.762. The average molecular weight is 296 g/mol. The zero-order chi connectivity index (χ0) is 15.5. The van der Waals surface area contributed by atoms with Gasteiger partial charge in [0.2, 0.25) is 0 Å². The Balaban J connectivity index is 1.60. The number of anilines is 1. The maximum Gasteiger partial charge on any atom is 0.191 e. The van der Waals surface area contributed by atoms with E-state index < -0.39 is 0 Å². The third-order valence-corrected chi connectivity index (χ3v) is 3.28. The van der Waals surface area contributed by atoms with Crippen molar-refractivity contribution in [1.29, 1.82) is 0 Å². The molecule has 0 aliphatic carbocycles. The number of para-hydroxylation sites is 1. The van der Waals surface area contributed by atoms with Crippen LogP contribution in [0.3, 0.4) is 0 Å². The van der Waals surface area contributed by atoms with Gasteiger partial charge in [0.15, 0.2) is 5.96 Å². The lowest BCUT2D eigenvalue weighted by Crippen LogP contribution is -2.37. The van der Waals surface area contributed by atoms with Crippen LogP contribution in [0.1, 0.15) is 12.0 Å². The second-order valence-corrected chi connectivity index (χ2v) is 4.98. The maximum atomic E-state index is 4.23. The highest BCUT2D eigenvalue weighted by Crippen LogP contribution is 2.04. The summed E-state index contributed by atoms with van der Waals surface area (Å²) in [6, 6.07) is 20.6. The number of guanidine groups is 1. The Morgan fingerprint density at radius 1 is 0.864 bits per heavy atom. The van der Waals surface area contributed by atoms with E-state index in [1.807, 2.05) is 36.4 Å². The van der Waals surface area contributed by atoms with E-state index in [0.29, 0.717) is 0 Å². The largest absolute Gasteiger partial charge is 0.385 e. The highest BCUT2D eigenvalue weighted by atomic mass is 15.2. The molecule has 0 aliphatic heterocycles. The SMILES string of the molecule is CN=C(NCCCNc1ccccc1)NCc1ccccc1. The summed E-state index contributed by atoms with van der Waals surface area (Å²) in [6.07, 6.45) is 1.03. The molecule has 0 amide bonds. The molecule has 0 aromatic heterocycles. The van der Waals surface area contributed by atoms with Crippen LogP contribution in [-0.2, 0) is 6.54 Å². The number of hydrogen-bond donors (Lipinski definition) is 3. The molecule has 3 N–H and O–H groups in total. The molecule has 2 aromatic carbocycles. The first-order valence-electron chi connectivity index (χ1n) is 7.66. The van der Waals surface area contributed by atoms with Crippen LogP contribution in [-0.4, -0.2) is 26.1 Å². The van der Waals surface area contributed by atoms with Crippen LogP contribution < -0.4 is 16.0 Å². The average Bonchev–Trinajstić information content (AvgIpc) is 2.59. The highest BCUT2D eigenvalue weighted by molar-refractivity contribution is 5.79. The monoisotopic (exact) mass is 296 g/mol. The zero-order valence-electron chi connectivity index (χ0n) is 13.0. The van der Waals surface area contributed by atoms with Gasteiger partial charge in [0.05, 0.1) is 0 Å². The minimum atomic E-state index is 0.781. The number of nitrogens with one attached hydrogen (secondary N) is 3. The lowest BCUT2D eigenvalue weighted by atomic mass is 10.2. The first-order valence-corrected chi connectivity index (χ1v) is 7.66. The molecule has 0 bridgehead atoms. The Kier molecular flexibility index (Phi) is 6.82. The molecule has 0 saturated heterocycles. The molecule has 4 heteroatoms. The first-order chi connectivity index (χ1) is 10.9. The Hall–Kier alpha value is -2.49. The third kappa shape index (κ3) is 5.87. The quantitative estimate of drug-likeness (QED) is 0.418. The molecule has 0 heterocycles. The van der Waals surface area contributed by atoms with Crippen molar-refractivity contribution in [2.24, 2.45) is 4.99 Å². The fourth-order valence-electron chi connectivity index (χ4n) is 2.09. The standard InChI is InChI=1S/C18H24N4/c1-19-18(22-15-16-9-4-2-5-10-16)21-14-8-13-20-17-11-6-3-7-12-17/h2-7,9-12,20H,8,13-15H2,1H3,(H2,19,21,22). The van der Waals surface area contributed by atoms with Crippen LogP contribution in [0.25, 0.3) is 0 Å². The molecule has 4 nitrogen and oxygen atoms in total. The molecule has 0 radical (unpaired) electrons. The van der Waals surface area contributed by atoms with E-state index in [1.54, 1.807) is 7.05 Å². The summed E-state index contributed by atoms with van der Waals surface area (Å²) in [5, 5.41) is 10.0. The number of hydrogen-bond acceptors (Lipinski definition) is 2. The van der Waals surface area contributed by atoms with Gasteiger partial charge >= 0.3 is 0 Å². The van der Waals surface area contributed by atoms with Crippen LogP contribution in [0.4, 0.5) is 5.69 Å². The van der Waals surface area contributed by atoms with E-state index in [0.717, 1.165) is 37.7 Å². The number of aliphatic imine (C=N–C) groups is 1. The number of benzene rings is 2. The van der Waals surface area contributed by atoms with Crippen molar-refractivity contribution in [2.75, 3.05) is 25.5 Å². The van der Waals surface area contributed by atoms with Crippen molar-refractivity contribution >= 4 is 11.6 Å². The maximum absolute atomic E-state index is 4.23. The second kappa shape index (κ2) is 9.45. The number of nitrogens with zero attached hydrogens (tertiary/aromatic N) is 1. The fraction of sp³-hybridized carbons (Fsp3) is 0.278. The van der Waals surface area contributed by atoms with Crippen LogP contribution in [0.2, 0.25) is 0 Å². The van der Waals surface area contributed by atoms with E-state index in [9.17, 15) is 0 Å². The van der Waals surface area contributed by atoms with Gasteiger partial charge in [-0.2, -0.15) is 0 Å². The second-order valence-electron chi connectivity index (χ2n) is 4.98.